The highest BCUT2D eigenvalue weighted by molar-refractivity contribution is 8.00. The molecule has 0 aliphatic heterocycles. The van der Waals surface area contributed by atoms with E-state index >= 15 is 0 Å². The Morgan fingerprint density at radius 3 is 2.91 bits per heavy atom. The Labute approximate surface area is 139 Å². The molecule has 4 nitrogen and oxygen atoms in total. The Morgan fingerprint density at radius 2 is 2.23 bits per heavy atom. The molecule has 2 rings (SSSR count). The Kier molecular flexibility index (Phi) is 5.87. The van der Waals surface area contributed by atoms with E-state index in [1.807, 2.05) is 0 Å². The summed E-state index contributed by atoms with van der Waals surface area (Å²) in [5.74, 6) is 0. The summed E-state index contributed by atoms with van der Waals surface area (Å²) in [5.41, 5.74) is 0.516. The number of unbranched alkanes of at least 4 members (excludes halogenated alkanes) is 2. The van der Waals surface area contributed by atoms with Gasteiger partial charge in [0.2, 0.25) is 0 Å². The Morgan fingerprint density at radius 1 is 1.45 bits per heavy atom. The van der Waals surface area contributed by atoms with E-state index in [0.717, 1.165) is 19.3 Å². The van der Waals surface area contributed by atoms with Crippen molar-refractivity contribution < 1.29 is 0 Å². The lowest BCUT2D eigenvalue weighted by Crippen LogP contribution is -2.24. The van der Waals surface area contributed by atoms with E-state index in [2.05, 4.69) is 18.0 Å². The fourth-order valence-electron chi connectivity index (χ4n) is 2.17. The monoisotopic (exact) mass is 335 g/mol. The molecular formula is C16H18ClN3OS. The van der Waals surface area contributed by atoms with Crippen LogP contribution in [-0.2, 0) is 6.54 Å². The molecule has 2 aromatic rings. The first-order chi connectivity index (χ1) is 10.6. The number of nitrogens with zero attached hydrogens (tertiary/aromatic N) is 3. The molecule has 0 radical (unpaired) electrons. The number of rotatable bonds is 6. The molecule has 1 heterocycles. The molecule has 22 heavy (non-hydrogen) atoms. The average molecular weight is 336 g/mol. The van der Waals surface area contributed by atoms with Crippen molar-refractivity contribution in [2.75, 3.05) is 0 Å². The smallest absolute Gasteiger partial charge is 0.262 e. The van der Waals surface area contributed by atoms with Gasteiger partial charge in [-0.25, -0.2) is 4.98 Å². The predicted octanol–water partition coefficient (Wildman–Crippen LogP) is 4.24. The van der Waals surface area contributed by atoms with Gasteiger partial charge in [-0.3, -0.25) is 9.36 Å². The number of hydrogen-bond acceptors (Lipinski definition) is 4. The minimum Gasteiger partial charge on any atom is -0.287 e. The second-order valence-electron chi connectivity index (χ2n) is 5.11. The van der Waals surface area contributed by atoms with Crippen molar-refractivity contribution in [2.45, 2.75) is 50.1 Å². The van der Waals surface area contributed by atoms with Gasteiger partial charge >= 0.3 is 0 Å². The SMILES string of the molecule is CCCCCn1c(S[C@H](C)C#N)nc2cc(Cl)ccc2c1=O. The van der Waals surface area contributed by atoms with Gasteiger partial charge in [-0.2, -0.15) is 5.26 Å². The number of thioether (sulfide) groups is 1. The number of nitriles is 1. The van der Waals surface area contributed by atoms with Gasteiger partial charge in [0.15, 0.2) is 5.16 Å². The minimum atomic E-state index is -0.263. The lowest BCUT2D eigenvalue weighted by atomic mass is 10.2. The van der Waals surface area contributed by atoms with Crippen molar-refractivity contribution in [1.29, 1.82) is 5.26 Å². The van der Waals surface area contributed by atoms with Gasteiger partial charge in [0.1, 0.15) is 0 Å². The summed E-state index contributed by atoms with van der Waals surface area (Å²) < 4.78 is 1.68. The quantitative estimate of drug-likeness (QED) is 0.450. The molecule has 0 amide bonds. The lowest BCUT2D eigenvalue weighted by Gasteiger charge is -2.13. The van der Waals surface area contributed by atoms with Crippen LogP contribution in [0.1, 0.15) is 33.1 Å². The number of hydrogen-bond donors (Lipinski definition) is 0. The fourth-order valence-corrected chi connectivity index (χ4v) is 3.15. The molecule has 0 unspecified atom stereocenters. The first-order valence-electron chi connectivity index (χ1n) is 7.33. The van der Waals surface area contributed by atoms with Crippen LogP contribution in [0, 0.1) is 11.3 Å². The van der Waals surface area contributed by atoms with E-state index in [9.17, 15) is 4.79 Å². The van der Waals surface area contributed by atoms with Gasteiger partial charge in [0, 0.05) is 11.6 Å². The minimum absolute atomic E-state index is 0.0644. The lowest BCUT2D eigenvalue weighted by molar-refractivity contribution is 0.541. The van der Waals surface area contributed by atoms with Crippen LogP contribution in [0.5, 0.6) is 0 Å². The zero-order chi connectivity index (χ0) is 16.1. The first kappa shape index (κ1) is 16.9. The highest BCUT2D eigenvalue weighted by atomic mass is 35.5. The van der Waals surface area contributed by atoms with E-state index < -0.39 is 0 Å². The number of aromatic nitrogens is 2. The highest BCUT2D eigenvalue weighted by Gasteiger charge is 2.14. The molecule has 0 bridgehead atoms. The summed E-state index contributed by atoms with van der Waals surface area (Å²) in [7, 11) is 0. The Balaban J connectivity index is 2.54. The molecule has 0 aliphatic rings. The van der Waals surface area contributed by atoms with E-state index in [4.69, 9.17) is 16.9 Å². The summed E-state index contributed by atoms with van der Waals surface area (Å²) in [6.45, 7) is 4.55. The Bertz CT molecular complexity index is 766. The third kappa shape index (κ3) is 3.82. The summed E-state index contributed by atoms with van der Waals surface area (Å²) in [5, 5.41) is 10.5. The summed E-state index contributed by atoms with van der Waals surface area (Å²) >= 11 is 7.30. The summed E-state index contributed by atoms with van der Waals surface area (Å²) in [6, 6.07) is 7.27. The van der Waals surface area contributed by atoms with Crippen LogP contribution in [0.3, 0.4) is 0 Å². The van der Waals surface area contributed by atoms with Crippen molar-refractivity contribution in [2.24, 2.45) is 0 Å². The van der Waals surface area contributed by atoms with E-state index in [-0.39, 0.29) is 10.8 Å². The van der Waals surface area contributed by atoms with Crippen molar-refractivity contribution in [3.8, 4) is 6.07 Å². The molecule has 0 saturated carbocycles. The van der Waals surface area contributed by atoms with Gasteiger partial charge in [-0.1, -0.05) is 43.1 Å². The summed E-state index contributed by atoms with van der Waals surface area (Å²) in [6.07, 6.45) is 3.07. The van der Waals surface area contributed by atoms with Crippen LogP contribution in [-0.4, -0.2) is 14.8 Å². The third-order valence-corrected chi connectivity index (χ3v) is 4.55. The van der Waals surface area contributed by atoms with E-state index in [0.29, 0.717) is 27.6 Å². The molecule has 6 heteroatoms. The molecule has 116 valence electrons. The molecule has 1 aromatic carbocycles. The fraction of sp³-hybridized carbons (Fsp3) is 0.438. The number of benzene rings is 1. The molecule has 1 atom stereocenters. The zero-order valence-corrected chi connectivity index (χ0v) is 14.2. The molecule has 0 aliphatic carbocycles. The van der Waals surface area contributed by atoms with Crippen molar-refractivity contribution >= 4 is 34.3 Å². The van der Waals surface area contributed by atoms with Crippen LogP contribution in [0.2, 0.25) is 5.02 Å². The van der Waals surface area contributed by atoms with Gasteiger partial charge in [0.05, 0.1) is 22.2 Å². The molecule has 1 aromatic heterocycles. The molecule has 0 fully saturated rings. The third-order valence-electron chi connectivity index (χ3n) is 3.33. The van der Waals surface area contributed by atoms with Crippen LogP contribution in [0.15, 0.2) is 28.2 Å². The predicted molar refractivity (Wildman–Crippen MR) is 91.5 cm³/mol. The normalized spacial score (nSPS) is 12.3. The second-order valence-corrected chi connectivity index (χ2v) is 6.85. The maximum Gasteiger partial charge on any atom is 0.262 e. The van der Waals surface area contributed by atoms with Crippen LogP contribution in [0.25, 0.3) is 10.9 Å². The van der Waals surface area contributed by atoms with Gasteiger partial charge in [0.25, 0.3) is 5.56 Å². The average Bonchev–Trinajstić information content (AvgIpc) is 2.50. The maximum absolute atomic E-state index is 12.7. The van der Waals surface area contributed by atoms with Gasteiger partial charge < -0.3 is 0 Å². The number of fused-ring (bicyclic) bond motifs is 1. The van der Waals surface area contributed by atoms with Crippen molar-refractivity contribution in [3.05, 3.63) is 33.6 Å². The second kappa shape index (κ2) is 7.66. The maximum atomic E-state index is 12.7. The molecule has 0 N–H and O–H groups in total. The first-order valence-corrected chi connectivity index (χ1v) is 8.59. The number of halogens is 1. The zero-order valence-electron chi connectivity index (χ0n) is 12.7. The molecule has 0 saturated heterocycles. The van der Waals surface area contributed by atoms with Crippen LogP contribution < -0.4 is 5.56 Å². The van der Waals surface area contributed by atoms with Gasteiger partial charge in [-0.05, 0) is 31.5 Å². The van der Waals surface area contributed by atoms with Gasteiger partial charge in [-0.15, -0.1) is 0 Å². The standard InChI is InChI=1S/C16H18ClN3OS/c1-3-4-5-8-20-15(21)13-7-6-12(17)9-14(13)19-16(20)22-11(2)10-18/h6-7,9,11H,3-5,8H2,1-2H3/t11-/m1/s1. The highest BCUT2D eigenvalue weighted by Crippen LogP contribution is 2.23. The van der Waals surface area contributed by atoms with Crippen LogP contribution in [0.4, 0.5) is 0 Å². The van der Waals surface area contributed by atoms with Crippen LogP contribution >= 0.6 is 23.4 Å². The van der Waals surface area contributed by atoms with Crippen molar-refractivity contribution in [3.63, 3.8) is 0 Å². The van der Waals surface area contributed by atoms with E-state index in [1.165, 1.54) is 11.8 Å². The van der Waals surface area contributed by atoms with Crippen molar-refractivity contribution in [1.82, 2.24) is 9.55 Å². The molecule has 0 spiro atoms. The topological polar surface area (TPSA) is 58.7 Å². The molecular weight excluding hydrogens is 318 g/mol. The Hall–Kier alpha value is -1.51. The summed E-state index contributed by atoms with van der Waals surface area (Å²) in [4.78, 5) is 17.3. The largest absolute Gasteiger partial charge is 0.287 e. The van der Waals surface area contributed by atoms with E-state index in [1.54, 1.807) is 29.7 Å².